The van der Waals surface area contributed by atoms with Gasteiger partial charge in [0.25, 0.3) is 0 Å². The standard InChI is InChI=1S/C27H27NO4/c1-27(2,3)18-14-12-17(13-15-18)24(25(29)30)28-26(31)32-16-23-21-10-6-4-8-19(21)20-9-5-7-11-22(20)23/h4-15,23-24H,16H2,1-3H3,(H,28,31)(H,29,30)/t24-/m1/s1. The van der Waals surface area contributed by atoms with E-state index < -0.39 is 18.1 Å². The number of carboxylic acids is 1. The Balaban J connectivity index is 1.47. The highest BCUT2D eigenvalue weighted by atomic mass is 16.5. The third kappa shape index (κ3) is 4.24. The Kier molecular flexibility index (Phi) is 5.74. The van der Waals surface area contributed by atoms with Crippen molar-refractivity contribution in [3.05, 3.63) is 95.1 Å². The monoisotopic (exact) mass is 429 g/mol. The summed E-state index contributed by atoms with van der Waals surface area (Å²) in [5.74, 6) is -1.22. The average Bonchev–Trinajstić information content (AvgIpc) is 3.09. The summed E-state index contributed by atoms with van der Waals surface area (Å²) < 4.78 is 5.51. The van der Waals surface area contributed by atoms with Gasteiger partial charge >= 0.3 is 12.1 Å². The molecule has 2 N–H and O–H groups in total. The minimum Gasteiger partial charge on any atom is -0.479 e. The number of carbonyl (C=O) groups excluding carboxylic acids is 1. The van der Waals surface area contributed by atoms with E-state index in [2.05, 4.69) is 38.2 Å². The molecule has 32 heavy (non-hydrogen) atoms. The Morgan fingerprint density at radius 3 is 1.94 bits per heavy atom. The van der Waals surface area contributed by atoms with Crippen molar-refractivity contribution in [2.75, 3.05) is 6.61 Å². The maximum absolute atomic E-state index is 12.5. The lowest BCUT2D eigenvalue weighted by molar-refractivity contribution is -0.139. The summed E-state index contributed by atoms with van der Waals surface area (Å²) in [6.45, 7) is 6.40. The maximum atomic E-state index is 12.5. The number of ether oxygens (including phenoxy) is 1. The molecule has 0 radical (unpaired) electrons. The molecule has 0 bridgehead atoms. The summed E-state index contributed by atoms with van der Waals surface area (Å²) in [7, 11) is 0. The van der Waals surface area contributed by atoms with E-state index in [9.17, 15) is 14.7 Å². The lowest BCUT2D eigenvalue weighted by atomic mass is 9.86. The number of hydrogen-bond donors (Lipinski definition) is 2. The van der Waals surface area contributed by atoms with Crippen LogP contribution in [0.1, 0.15) is 55.0 Å². The second kappa shape index (κ2) is 8.50. The molecule has 0 saturated heterocycles. The maximum Gasteiger partial charge on any atom is 0.408 e. The van der Waals surface area contributed by atoms with Crippen LogP contribution in [0.3, 0.4) is 0 Å². The SMILES string of the molecule is CC(C)(C)c1ccc([C@@H](NC(=O)OCC2c3ccccc3-c3ccccc32)C(=O)O)cc1. The molecule has 4 rings (SSSR count). The van der Waals surface area contributed by atoms with Crippen LogP contribution in [0.4, 0.5) is 4.79 Å². The number of alkyl carbamates (subject to hydrolysis) is 1. The highest BCUT2D eigenvalue weighted by Crippen LogP contribution is 2.44. The number of amides is 1. The molecule has 5 nitrogen and oxygen atoms in total. The molecule has 0 unspecified atom stereocenters. The summed E-state index contributed by atoms with van der Waals surface area (Å²) in [5, 5.41) is 12.2. The van der Waals surface area contributed by atoms with Gasteiger partial charge in [0.2, 0.25) is 0 Å². The quantitative estimate of drug-likeness (QED) is 0.550. The second-order valence-corrected chi connectivity index (χ2v) is 9.11. The number of carbonyl (C=O) groups is 2. The van der Waals surface area contributed by atoms with Crippen molar-refractivity contribution in [1.82, 2.24) is 5.32 Å². The molecular weight excluding hydrogens is 402 g/mol. The number of carboxylic acid groups (broad SMARTS) is 1. The molecule has 164 valence electrons. The molecular formula is C27H27NO4. The third-order valence-electron chi connectivity index (χ3n) is 5.96. The zero-order valence-electron chi connectivity index (χ0n) is 18.5. The first kappa shape index (κ1) is 21.6. The van der Waals surface area contributed by atoms with Crippen LogP contribution in [0.15, 0.2) is 72.8 Å². The van der Waals surface area contributed by atoms with Gasteiger partial charge in [-0.3, -0.25) is 0 Å². The molecule has 1 atom stereocenters. The van der Waals surface area contributed by atoms with Crippen molar-refractivity contribution in [2.24, 2.45) is 0 Å². The fourth-order valence-corrected chi connectivity index (χ4v) is 4.22. The Morgan fingerprint density at radius 1 is 0.906 bits per heavy atom. The van der Waals surface area contributed by atoms with E-state index in [1.54, 1.807) is 12.1 Å². The van der Waals surface area contributed by atoms with Crippen LogP contribution in [0.25, 0.3) is 11.1 Å². The summed E-state index contributed by atoms with van der Waals surface area (Å²) in [6, 6.07) is 22.2. The first-order valence-electron chi connectivity index (χ1n) is 10.7. The normalized spacial score (nSPS) is 13.7. The molecule has 0 saturated carbocycles. The minimum atomic E-state index is -1.18. The fourth-order valence-electron chi connectivity index (χ4n) is 4.22. The Bertz CT molecular complexity index is 1100. The fraction of sp³-hybridized carbons (Fsp3) is 0.259. The number of benzene rings is 3. The summed E-state index contributed by atoms with van der Waals surface area (Å²) in [6.07, 6.45) is -0.751. The van der Waals surface area contributed by atoms with Gasteiger partial charge in [0.1, 0.15) is 6.61 Å². The number of aliphatic carboxylic acids is 1. The van der Waals surface area contributed by atoms with E-state index >= 15 is 0 Å². The summed E-state index contributed by atoms with van der Waals surface area (Å²) in [4.78, 5) is 24.4. The molecule has 1 aliphatic rings. The van der Waals surface area contributed by atoms with E-state index in [0.717, 1.165) is 27.8 Å². The van der Waals surface area contributed by atoms with Crippen molar-refractivity contribution in [3.63, 3.8) is 0 Å². The van der Waals surface area contributed by atoms with Crippen molar-refractivity contribution in [2.45, 2.75) is 38.1 Å². The van der Waals surface area contributed by atoms with Gasteiger partial charge in [-0.05, 0) is 38.8 Å². The van der Waals surface area contributed by atoms with Crippen LogP contribution in [0.5, 0.6) is 0 Å². The molecule has 5 heteroatoms. The van der Waals surface area contributed by atoms with Crippen molar-refractivity contribution in [3.8, 4) is 11.1 Å². The lowest BCUT2D eigenvalue weighted by Gasteiger charge is -2.21. The lowest BCUT2D eigenvalue weighted by Crippen LogP contribution is -2.34. The van der Waals surface area contributed by atoms with Crippen LogP contribution in [-0.2, 0) is 14.9 Å². The molecule has 0 aliphatic heterocycles. The molecule has 0 aromatic heterocycles. The largest absolute Gasteiger partial charge is 0.479 e. The summed E-state index contributed by atoms with van der Waals surface area (Å²) in [5.41, 5.74) is 6.03. The van der Waals surface area contributed by atoms with Gasteiger partial charge in [-0.25, -0.2) is 9.59 Å². The first-order valence-corrected chi connectivity index (χ1v) is 10.7. The smallest absolute Gasteiger partial charge is 0.408 e. The van der Waals surface area contributed by atoms with Crippen LogP contribution >= 0.6 is 0 Å². The molecule has 1 amide bonds. The zero-order valence-corrected chi connectivity index (χ0v) is 18.5. The van der Waals surface area contributed by atoms with Crippen molar-refractivity contribution in [1.29, 1.82) is 0 Å². The molecule has 0 heterocycles. The van der Waals surface area contributed by atoms with Gasteiger partial charge in [-0.1, -0.05) is 93.6 Å². The van der Waals surface area contributed by atoms with E-state index in [-0.39, 0.29) is 17.9 Å². The van der Waals surface area contributed by atoms with Crippen LogP contribution in [0.2, 0.25) is 0 Å². The average molecular weight is 430 g/mol. The number of nitrogens with one attached hydrogen (secondary N) is 1. The molecule has 0 spiro atoms. The van der Waals surface area contributed by atoms with E-state index in [4.69, 9.17) is 4.74 Å². The number of hydrogen-bond acceptors (Lipinski definition) is 3. The highest BCUT2D eigenvalue weighted by Gasteiger charge is 2.30. The molecule has 1 aliphatic carbocycles. The van der Waals surface area contributed by atoms with E-state index in [1.807, 2.05) is 48.5 Å². The van der Waals surface area contributed by atoms with Crippen molar-refractivity contribution >= 4 is 12.1 Å². The zero-order chi connectivity index (χ0) is 22.9. The van der Waals surface area contributed by atoms with Gasteiger partial charge < -0.3 is 15.2 Å². The molecule has 3 aromatic rings. The van der Waals surface area contributed by atoms with Gasteiger partial charge in [-0.15, -0.1) is 0 Å². The molecule has 3 aromatic carbocycles. The minimum absolute atomic E-state index is 0.0442. The summed E-state index contributed by atoms with van der Waals surface area (Å²) >= 11 is 0. The predicted octanol–water partition coefficient (Wildman–Crippen LogP) is 5.65. The number of rotatable bonds is 5. The van der Waals surface area contributed by atoms with Crippen LogP contribution < -0.4 is 5.32 Å². The highest BCUT2D eigenvalue weighted by molar-refractivity contribution is 5.82. The Hall–Kier alpha value is -3.60. The van der Waals surface area contributed by atoms with Gasteiger partial charge in [0.05, 0.1) is 0 Å². The van der Waals surface area contributed by atoms with Gasteiger partial charge in [-0.2, -0.15) is 0 Å². The van der Waals surface area contributed by atoms with E-state index in [0.29, 0.717) is 5.56 Å². The van der Waals surface area contributed by atoms with Crippen LogP contribution in [0, 0.1) is 0 Å². The number of fused-ring (bicyclic) bond motifs is 3. The van der Waals surface area contributed by atoms with E-state index in [1.165, 1.54) is 0 Å². The Morgan fingerprint density at radius 2 is 1.44 bits per heavy atom. The van der Waals surface area contributed by atoms with Gasteiger partial charge in [0, 0.05) is 5.92 Å². The topological polar surface area (TPSA) is 75.6 Å². The van der Waals surface area contributed by atoms with Crippen molar-refractivity contribution < 1.29 is 19.4 Å². The predicted molar refractivity (Wildman–Crippen MR) is 124 cm³/mol. The molecule has 0 fully saturated rings. The second-order valence-electron chi connectivity index (χ2n) is 9.11. The Labute approximate surface area is 188 Å². The first-order chi connectivity index (χ1) is 15.3. The van der Waals surface area contributed by atoms with Crippen LogP contribution in [-0.4, -0.2) is 23.8 Å². The van der Waals surface area contributed by atoms with Gasteiger partial charge in [0.15, 0.2) is 6.04 Å². The third-order valence-corrected chi connectivity index (χ3v) is 5.96.